The number of aliphatic hydroxyl groups excluding tert-OH is 1. The Morgan fingerprint density at radius 2 is 2.14 bits per heavy atom. The number of aliphatic hydroxyl groups is 1. The van der Waals surface area contributed by atoms with Crippen molar-refractivity contribution in [3.63, 3.8) is 0 Å². The third kappa shape index (κ3) is 1.46. The number of hydrogen-bond donors (Lipinski definition) is 1. The predicted molar refractivity (Wildman–Crippen MR) is 54.3 cm³/mol. The van der Waals surface area contributed by atoms with Crippen LogP contribution in [0.4, 0.5) is 0 Å². The van der Waals surface area contributed by atoms with E-state index in [0.29, 0.717) is 0 Å². The summed E-state index contributed by atoms with van der Waals surface area (Å²) in [6.07, 6.45) is 1.14. The van der Waals surface area contributed by atoms with E-state index in [0.717, 1.165) is 24.0 Å². The van der Waals surface area contributed by atoms with Crippen LogP contribution in [0, 0.1) is 5.92 Å². The van der Waals surface area contributed by atoms with Crippen LogP contribution >= 0.6 is 0 Å². The van der Waals surface area contributed by atoms with E-state index >= 15 is 0 Å². The lowest BCUT2D eigenvalue weighted by Crippen LogP contribution is -2.30. The van der Waals surface area contributed by atoms with E-state index in [2.05, 4.69) is 0 Å². The summed E-state index contributed by atoms with van der Waals surface area (Å²) in [6.45, 7) is 1.69. The number of rotatable bonds is 1. The second kappa shape index (κ2) is 3.54. The summed E-state index contributed by atoms with van der Waals surface area (Å²) in [5.41, 5.74) is 1.92. The van der Waals surface area contributed by atoms with Crippen LogP contribution in [-0.2, 0) is 6.42 Å². The van der Waals surface area contributed by atoms with Crippen LogP contribution in [0.5, 0.6) is 0 Å². The van der Waals surface area contributed by atoms with Crippen molar-refractivity contribution in [2.45, 2.75) is 25.9 Å². The van der Waals surface area contributed by atoms with E-state index in [1.54, 1.807) is 6.92 Å². The molecular formula is C12H14O2. The second-order valence-corrected chi connectivity index (χ2v) is 3.91. The maximum absolute atomic E-state index is 11.9. The zero-order valence-electron chi connectivity index (χ0n) is 8.23. The Balaban J connectivity index is 2.37. The average Bonchev–Trinajstić information content (AvgIpc) is 2.18. The van der Waals surface area contributed by atoms with E-state index in [9.17, 15) is 9.90 Å². The smallest absolute Gasteiger partial charge is 0.168 e. The molecule has 0 fully saturated rings. The Kier molecular flexibility index (Phi) is 2.38. The third-order valence-corrected chi connectivity index (χ3v) is 2.93. The molecule has 0 bridgehead atoms. The summed E-state index contributed by atoms with van der Waals surface area (Å²) < 4.78 is 0. The molecule has 0 amide bonds. The Labute approximate surface area is 83.6 Å². The fourth-order valence-electron chi connectivity index (χ4n) is 2.08. The number of aryl methyl sites for hydroxylation is 1. The Bertz CT molecular complexity index is 355. The molecule has 1 aliphatic carbocycles. The largest absolute Gasteiger partial charge is 0.393 e. The number of carbonyl (C=O) groups excluding carboxylic acids is 1. The first-order valence-electron chi connectivity index (χ1n) is 5.00. The van der Waals surface area contributed by atoms with Crippen molar-refractivity contribution in [3.8, 4) is 0 Å². The molecule has 0 aliphatic heterocycles. The van der Waals surface area contributed by atoms with Crippen LogP contribution in [0.2, 0.25) is 0 Å². The highest BCUT2D eigenvalue weighted by Gasteiger charge is 2.29. The topological polar surface area (TPSA) is 37.3 Å². The van der Waals surface area contributed by atoms with Crippen molar-refractivity contribution >= 4 is 5.78 Å². The standard InChI is InChI=1S/C12H14O2/c1-8(13)10-7-6-9-4-2-3-5-11(9)12(10)14/h2-5,8,10,13H,6-7H2,1H3/t8-,10+/m1/s1. The summed E-state index contributed by atoms with van der Waals surface area (Å²) >= 11 is 0. The van der Waals surface area contributed by atoms with Gasteiger partial charge in [0.1, 0.15) is 0 Å². The van der Waals surface area contributed by atoms with Gasteiger partial charge in [-0.05, 0) is 25.3 Å². The molecular weight excluding hydrogens is 176 g/mol. The van der Waals surface area contributed by atoms with Crippen LogP contribution in [-0.4, -0.2) is 17.0 Å². The van der Waals surface area contributed by atoms with Crippen molar-refractivity contribution < 1.29 is 9.90 Å². The SMILES string of the molecule is C[C@@H](O)[C@@H]1CCc2ccccc2C1=O. The third-order valence-electron chi connectivity index (χ3n) is 2.93. The molecule has 0 spiro atoms. The fourth-order valence-corrected chi connectivity index (χ4v) is 2.08. The number of hydrogen-bond acceptors (Lipinski definition) is 2. The highest BCUT2D eigenvalue weighted by Crippen LogP contribution is 2.27. The zero-order chi connectivity index (χ0) is 10.1. The minimum Gasteiger partial charge on any atom is -0.393 e. The summed E-state index contributed by atoms with van der Waals surface area (Å²) in [6, 6.07) is 7.67. The van der Waals surface area contributed by atoms with Gasteiger partial charge < -0.3 is 5.11 Å². The molecule has 74 valence electrons. The highest BCUT2D eigenvalue weighted by atomic mass is 16.3. The molecule has 2 heteroatoms. The van der Waals surface area contributed by atoms with Gasteiger partial charge in [-0.3, -0.25) is 4.79 Å². The van der Waals surface area contributed by atoms with Gasteiger partial charge in [0.25, 0.3) is 0 Å². The lowest BCUT2D eigenvalue weighted by atomic mass is 9.80. The molecule has 0 aromatic heterocycles. The minimum atomic E-state index is -0.532. The molecule has 1 aromatic rings. The first-order chi connectivity index (χ1) is 6.70. The van der Waals surface area contributed by atoms with E-state index < -0.39 is 6.10 Å². The minimum absolute atomic E-state index is 0.0989. The number of Topliss-reactive ketones (excluding diaryl/α,β-unsaturated/α-hetero) is 1. The van der Waals surface area contributed by atoms with Gasteiger partial charge in [0.05, 0.1) is 6.10 Å². The molecule has 1 aliphatic rings. The van der Waals surface area contributed by atoms with Gasteiger partial charge in [-0.15, -0.1) is 0 Å². The summed E-state index contributed by atoms with van der Waals surface area (Å²) in [5.74, 6) is -0.105. The molecule has 0 heterocycles. The monoisotopic (exact) mass is 190 g/mol. The van der Waals surface area contributed by atoms with Gasteiger partial charge in [0, 0.05) is 11.5 Å². The van der Waals surface area contributed by atoms with Crippen LogP contribution < -0.4 is 0 Å². The predicted octanol–water partition coefficient (Wildman–Crippen LogP) is 1.81. The highest BCUT2D eigenvalue weighted by molar-refractivity contribution is 6.00. The zero-order valence-corrected chi connectivity index (χ0v) is 8.23. The Morgan fingerprint density at radius 3 is 2.86 bits per heavy atom. The van der Waals surface area contributed by atoms with Crippen molar-refractivity contribution in [3.05, 3.63) is 35.4 Å². The molecule has 2 nitrogen and oxygen atoms in total. The lowest BCUT2D eigenvalue weighted by Gasteiger charge is -2.25. The van der Waals surface area contributed by atoms with Gasteiger partial charge in [-0.1, -0.05) is 24.3 Å². The first kappa shape index (κ1) is 9.41. The van der Waals surface area contributed by atoms with Gasteiger partial charge in [-0.2, -0.15) is 0 Å². The molecule has 2 rings (SSSR count). The normalized spacial score (nSPS) is 23.0. The fraction of sp³-hybridized carbons (Fsp3) is 0.417. The maximum Gasteiger partial charge on any atom is 0.168 e. The van der Waals surface area contributed by atoms with E-state index in [4.69, 9.17) is 0 Å². The van der Waals surface area contributed by atoms with Crippen molar-refractivity contribution in [1.82, 2.24) is 0 Å². The summed E-state index contributed by atoms with van der Waals surface area (Å²) in [7, 11) is 0. The molecule has 1 N–H and O–H groups in total. The summed E-state index contributed by atoms with van der Waals surface area (Å²) in [5, 5.41) is 9.45. The molecule has 14 heavy (non-hydrogen) atoms. The second-order valence-electron chi connectivity index (χ2n) is 3.91. The van der Waals surface area contributed by atoms with Gasteiger partial charge in [0.15, 0.2) is 5.78 Å². The number of ketones is 1. The van der Waals surface area contributed by atoms with Gasteiger partial charge in [0.2, 0.25) is 0 Å². The molecule has 0 saturated carbocycles. The van der Waals surface area contributed by atoms with E-state index in [-0.39, 0.29) is 11.7 Å². The quantitative estimate of drug-likeness (QED) is 0.733. The molecule has 0 radical (unpaired) electrons. The van der Waals surface area contributed by atoms with Gasteiger partial charge >= 0.3 is 0 Å². The number of fused-ring (bicyclic) bond motifs is 1. The van der Waals surface area contributed by atoms with E-state index in [1.807, 2.05) is 24.3 Å². The van der Waals surface area contributed by atoms with Crippen molar-refractivity contribution in [1.29, 1.82) is 0 Å². The molecule has 2 atom stereocenters. The van der Waals surface area contributed by atoms with Crippen molar-refractivity contribution in [2.24, 2.45) is 5.92 Å². The lowest BCUT2D eigenvalue weighted by molar-refractivity contribution is 0.0691. The van der Waals surface area contributed by atoms with Crippen molar-refractivity contribution in [2.75, 3.05) is 0 Å². The Hall–Kier alpha value is -1.15. The molecule has 1 aromatic carbocycles. The molecule has 0 unspecified atom stereocenters. The van der Waals surface area contributed by atoms with Crippen LogP contribution in [0.3, 0.4) is 0 Å². The average molecular weight is 190 g/mol. The molecule has 0 saturated heterocycles. The van der Waals surface area contributed by atoms with Crippen LogP contribution in [0.15, 0.2) is 24.3 Å². The van der Waals surface area contributed by atoms with Gasteiger partial charge in [-0.25, -0.2) is 0 Å². The maximum atomic E-state index is 11.9. The van der Waals surface area contributed by atoms with Crippen LogP contribution in [0.1, 0.15) is 29.3 Å². The number of benzene rings is 1. The summed E-state index contributed by atoms with van der Waals surface area (Å²) in [4.78, 5) is 11.9. The first-order valence-corrected chi connectivity index (χ1v) is 5.00. The Morgan fingerprint density at radius 1 is 1.43 bits per heavy atom. The number of carbonyl (C=O) groups is 1. The van der Waals surface area contributed by atoms with E-state index in [1.165, 1.54) is 0 Å². The van der Waals surface area contributed by atoms with Crippen LogP contribution in [0.25, 0.3) is 0 Å².